The van der Waals surface area contributed by atoms with Gasteiger partial charge in [-0.05, 0) is 48.6 Å². The van der Waals surface area contributed by atoms with E-state index in [-0.39, 0.29) is 41.5 Å². The van der Waals surface area contributed by atoms with Crippen LogP contribution in [0.3, 0.4) is 0 Å². The van der Waals surface area contributed by atoms with Crippen LogP contribution in [0.15, 0.2) is 54.1 Å². The molecule has 2 aromatic carbocycles. The van der Waals surface area contributed by atoms with Gasteiger partial charge in [-0.2, -0.15) is 0 Å². The summed E-state index contributed by atoms with van der Waals surface area (Å²) in [4.78, 5) is 63.4. The first-order valence-electron chi connectivity index (χ1n) is 14.0. The molecule has 2 heterocycles. The minimum Gasteiger partial charge on any atom is -0.502 e. The fourth-order valence-electron chi connectivity index (χ4n) is 7.19. The maximum atomic E-state index is 14.0. The number of benzene rings is 2. The first-order valence-corrected chi connectivity index (χ1v) is 14.7. The van der Waals surface area contributed by atoms with Gasteiger partial charge in [0.1, 0.15) is 0 Å². The molecule has 2 saturated heterocycles. The van der Waals surface area contributed by atoms with Crippen molar-refractivity contribution < 1.29 is 38.7 Å². The van der Waals surface area contributed by atoms with Crippen molar-refractivity contribution in [2.24, 2.45) is 23.7 Å². The van der Waals surface area contributed by atoms with E-state index in [4.69, 9.17) is 32.7 Å². The number of nitrogens with zero attached hydrogens (tertiary/aromatic N) is 3. The third kappa shape index (κ3) is 4.18. The Hall–Kier alpha value is -4.42. The molecule has 6 rings (SSSR count). The minimum atomic E-state index is -1.94. The molecule has 45 heavy (non-hydrogen) atoms. The summed E-state index contributed by atoms with van der Waals surface area (Å²) in [6.45, 7) is 0. The number of fused-ring (bicyclic) bond motifs is 4. The minimum absolute atomic E-state index is 0.135. The van der Waals surface area contributed by atoms with Gasteiger partial charge in [0.15, 0.2) is 21.2 Å². The number of phenolic OH excluding ortho intramolecular Hbond substituents is 1. The Labute approximate surface area is 266 Å². The Morgan fingerprint density at radius 2 is 1.62 bits per heavy atom. The fraction of sp³-hybridized carbons (Fsp3) is 0.355. The van der Waals surface area contributed by atoms with Crippen molar-refractivity contribution in [2.75, 3.05) is 26.2 Å². The predicted molar refractivity (Wildman–Crippen MR) is 162 cm³/mol. The Balaban J connectivity index is 1.44. The van der Waals surface area contributed by atoms with E-state index in [0.717, 1.165) is 9.80 Å². The topological polar surface area (TPSA) is 157 Å². The first-order chi connectivity index (χ1) is 21.3. The van der Waals surface area contributed by atoms with E-state index in [1.807, 2.05) is 0 Å². The molecule has 14 heteroatoms. The van der Waals surface area contributed by atoms with E-state index >= 15 is 0 Å². The van der Waals surface area contributed by atoms with Crippen molar-refractivity contribution in [1.29, 1.82) is 0 Å². The second-order valence-electron chi connectivity index (χ2n) is 11.5. The molecule has 234 valence electrons. The summed E-state index contributed by atoms with van der Waals surface area (Å²) in [7, 11) is 4.06. The van der Waals surface area contributed by atoms with Crippen molar-refractivity contribution in [3.63, 3.8) is 0 Å². The van der Waals surface area contributed by atoms with Gasteiger partial charge in [-0.3, -0.25) is 39.1 Å². The number of phenols is 1. The number of aromatic hydroxyl groups is 1. The van der Waals surface area contributed by atoms with Crippen LogP contribution in [-0.4, -0.2) is 69.6 Å². The fourth-order valence-corrected chi connectivity index (χ4v) is 8.16. The number of ether oxygens (including phenoxy) is 2. The average molecular weight is 656 g/mol. The van der Waals surface area contributed by atoms with Crippen LogP contribution in [0.25, 0.3) is 6.08 Å². The second kappa shape index (κ2) is 10.6. The molecule has 1 saturated carbocycles. The monoisotopic (exact) mass is 655 g/mol. The molecule has 2 aliphatic heterocycles. The van der Waals surface area contributed by atoms with Gasteiger partial charge >= 0.3 is 0 Å². The Morgan fingerprint density at radius 1 is 1.00 bits per heavy atom. The van der Waals surface area contributed by atoms with E-state index in [9.17, 15) is 34.4 Å². The highest BCUT2D eigenvalue weighted by Crippen LogP contribution is 2.63. The van der Waals surface area contributed by atoms with Crippen LogP contribution >= 0.6 is 23.2 Å². The number of carbonyl (C=O) groups is 4. The van der Waals surface area contributed by atoms with Crippen LogP contribution in [0.2, 0.25) is 0 Å². The average Bonchev–Trinajstić information content (AvgIpc) is 3.35. The molecule has 2 aromatic rings. The standard InChI is InChI=1S/C31H27Cl2N3O9/c1-34-28(40)30(32)14-20-18(9-10-19-24(20)27(39)35(26(19)38)16-5-7-17(8-6-16)36(42)43)21(31(30,33)29(34)41)11-4-15-12-22(44-2)25(37)23(13-15)45-3/h4-9,11-13,19-21,24,37H,10,14H2,1-3H3. The molecular weight excluding hydrogens is 629 g/mol. The number of imide groups is 2. The number of hydrogen-bond acceptors (Lipinski definition) is 9. The lowest BCUT2D eigenvalue weighted by atomic mass is 9.57. The van der Waals surface area contributed by atoms with Crippen LogP contribution < -0.4 is 14.4 Å². The van der Waals surface area contributed by atoms with Gasteiger partial charge in [-0.1, -0.05) is 23.8 Å². The van der Waals surface area contributed by atoms with E-state index in [1.54, 1.807) is 30.4 Å². The van der Waals surface area contributed by atoms with Gasteiger partial charge in [0.2, 0.25) is 17.6 Å². The Kier molecular flexibility index (Phi) is 7.20. The number of anilines is 1. The smallest absolute Gasteiger partial charge is 0.269 e. The van der Waals surface area contributed by atoms with Gasteiger partial charge in [-0.15, -0.1) is 23.2 Å². The lowest BCUT2D eigenvalue weighted by Gasteiger charge is -2.49. The molecule has 3 fully saturated rings. The van der Waals surface area contributed by atoms with Crippen LogP contribution in [-0.2, 0) is 19.2 Å². The number of amides is 4. The number of allylic oxidation sites excluding steroid dienone is 3. The number of non-ortho nitro benzene ring substituents is 1. The number of alkyl halides is 2. The summed E-state index contributed by atoms with van der Waals surface area (Å²) in [5.74, 6) is -5.72. The summed E-state index contributed by atoms with van der Waals surface area (Å²) in [5.41, 5.74) is 1.11. The molecule has 0 radical (unpaired) electrons. The van der Waals surface area contributed by atoms with Gasteiger partial charge in [0.25, 0.3) is 17.5 Å². The van der Waals surface area contributed by atoms with E-state index in [1.165, 1.54) is 45.5 Å². The molecule has 1 N–H and O–H groups in total. The highest BCUT2D eigenvalue weighted by atomic mass is 35.5. The lowest BCUT2D eigenvalue weighted by Crippen LogP contribution is -2.60. The van der Waals surface area contributed by atoms with Crippen molar-refractivity contribution in [3.8, 4) is 17.2 Å². The van der Waals surface area contributed by atoms with Crippen LogP contribution in [0.1, 0.15) is 18.4 Å². The van der Waals surface area contributed by atoms with Gasteiger partial charge in [0, 0.05) is 25.1 Å². The van der Waals surface area contributed by atoms with Gasteiger partial charge < -0.3 is 14.6 Å². The van der Waals surface area contributed by atoms with E-state index in [2.05, 4.69) is 0 Å². The highest BCUT2D eigenvalue weighted by molar-refractivity contribution is 6.53. The predicted octanol–water partition coefficient (Wildman–Crippen LogP) is 4.06. The first kappa shape index (κ1) is 30.6. The van der Waals surface area contributed by atoms with E-state index in [0.29, 0.717) is 11.1 Å². The number of likely N-dealkylation sites (tertiary alicyclic amines) is 1. The molecule has 4 aliphatic rings. The maximum Gasteiger partial charge on any atom is 0.269 e. The number of nitro benzene ring substituents is 1. The summed E-state index contributed by atoms with van der Waals surface area (Å²) in [5, 5.41) is 21.5. The highest BCUT2D eigenvalue weighted by Gasteiger charge is 2.75. The number of hydrogen-bond donors (Lipinski definition) is 1. The van der Waals surface area contributed by atoms with Crippen molar-refractivity contribution in [2.45, 2.75) is 22.6 Å². The number of rotatable bonds is 6. The molecule has 2 aliphatic carbocycles. The normalized spacial score (nSPS) is 30.7. The molecule has 0 spiro atoms. The maximum absolute atomic E-state index is 14.0. The molecule has 0 aromatic heterocycles. The number of carbonyl (C=O) groups excluding carboxylic acids is 4. The lowest BCUT2D eigenvalue weighted by molar-refractivity contribution is -0.384. The Bertz CT molecular complexity index is 1720. The quantitative estimate of drug-likeness (QED) is 0.159. The van der Waals surface area contributed by atoms with E-state index < -0.39 is 62.0 Å². The largest absolute Gasteiger partial charge is 0.502 e. The summed E-state index contributed by atoms with van der Waals surface area (Å²) in [6, 6.07) is 8.20. The molecule has 6 unspecified atom stereocenters. The summed E-state index contributed by atoms with van der Waals surface area (Å²) >= 11 is 14.3. The van der Waals surface area contributed by atoms with Crippen LogP contribution in [0.5, 0.6) is 17.2 Å². The molecule has 4 amide bonds. The van der Waals surface area contributed by atoms with Crippen molar-refractivity contribution in [1.82, 2.24) is 4.90 Å². The van der Waals surface area contributed by atoms with Crippen molar-refractivity contribution >= 4 is 64.3 Å². The number of methoxy groups -OCH3 is 2. The van der Waals surface area contributed by atoms with Crippen LogP contribution in [0.4, 0.5) is 11.4 Å². The van der Waals surface area contributed by atoms with Crippen molar-refractivity contribution in [3.05, 3.63) is 69.8 Å². The zero-order valence-electron chi connectivity index (χ0n) is 24.2. The third-order valence-electron chi connectivity index (χ3n) is 9.37. The summed E-state index contributed by atoms with van der Waals surface area (Å²) < 4.78 is 10.5. The molecule has 12 nitrogen and oxygen atoms in total. The van der Waals surface area contributed by atoms with Crippen LogP contribution in [0, 0.1) is 33.8 Å². The Morgan fingerprint density at radius 3 is 2.20 bits per heavy atom. The number of nitro groups is 1. The molecule has 0 bridgehead atoms. The summed E-state index contributed by atoms with van der Waals surface area (Å²) in [6.07, 6.45) is 5.05. The number of halogens is 2. The third-order valence-corrected chi connectivity index (χ3v) is 10.8. The molecular formula is C31H27Cl2N3O9. The second-order valence-corrected chi connectivity index (χ2v) is 12.7. The molecule has 6 atom stereocenters. The van der Waals surface area contributed by atoms with Gasteiger partial charge in [0.05, 0.1) is 36.7 Å². The zero-order valence-corrected chi connectivity index (χ0v) is 25.7. The zero-order chi connectivity index (χ0) is 32.6. The SMILES string of the molecule is COc1cc(C=CC2C3=CCC4C(=O)N(c5ccc([N+](=O)[O-])cc5)C(=O)C4C3CC3(Cl)C(=O)N(C)C(=O)C23Cl)cc(OC)c1O. The van der Waals surface area contributed by atoms with Gasteiger partial charge in [-0.25, -0.2) is 0 Å².